The van der Waals surface area contributed by atoms with E-state index in [4.69, 9.17) is 0 Å². The average Bonchev–Trinajstić information content (AvgIpc) is 3.00. The second-order valence-electron chi connectivity index (χ2n) is 5.89. The second-order valence-corrected chi connectivity index (χ2v) is 7.21. The average molecular weight is 328 g/mol. The smallest absolute Gasteiger partial charge is 0.247 e. The van der Waals surface area contributed by atoms with Crippen molar-refractivity contribution < 1.29 is 9.69 Å². The summed E-state index contributed by atoms with van der Waals surface area (Å²) in [6.45, 7) is 6.74. The Morgan fingerprint density at radius 1 is 1.26 bits per heavy atom. The van der Waals surface area contributed by atoms with Gasteiger partial charge in [0.1, 0.15) is 6.54 Å². The molecule has 0 aromatic carbocycles. The van der Waals surface area contributed by atoms with Crippen LogP contribution in [0.5, 0.6) is 0 Å². The van der Waals surface area contributed by atoms with Crippen molar-refractivity contribution in [2.75, 3.05) is 26.2 Å². The third-order valence-corrected chi connectivity index (χ3v) is 5.10. The molecule has 120 valence electrons. The number of rotatable bonds is 4. The summed E-state index contributed by atoms with van der Waals surface area (Å²) in [5, 5.41) is 0. The number of amides is 1. The van der Waals surface area contributed by atoms with E-state index in [0.717, 1.165) is 37.6 Å². The summed E-state index contributed by atoms with van der Waals surface area (Å²) in [6, 6.07) is 8.27. The van der Waals surface area contributed by atoms with Gasteiger partial charge in [-0.15, -0.1) is 11.3 Å². The maximum absolute atomic E-state index is 12.3. The molecule has 0 saturated carbocycles. The van der Waals surface area contributed by atoms with E-state index in [0.29, 0.717) is 0 Å². The molecule has 0 atom stereocenters. The first-order chi connectivity index (χ1) is 11.2. The summed E-state index contributed by atoms with van der Waals surface area (Å²) in [4.78, 5) is 22.2. The van der Waals surface area contributed by atoms with Crippen LogP contribution in [0.15, 0.2) is 42.7 Å². The van der Waals surface area contributed by atoms with Crippen LogP contribution in [-0.4, -0.2) is 42.0 Å². The Morgan fingerprint density at radius 3 is 2.65 bits per heavy atom. The maximum atomic E-state index is 12.3. The van der Waals surface area contributed by atoms with Crippen LogP contribution in [0.1, 0.15) is 15.3 Å². The van der Waals surface area contributed by atoms with Crippen LogP contribution in [0.3, 0.4) is 0 Å². The Kier molecular flexibility index (Phi) is 5.20. The fraction of sp³-hybridized carbons (Fsp3) is 0.333. The third kappa shape index (κ3) is 4.50. The minimum absolute atomic E-state index is 0.124. The van der Waals surface area contributed by atoms with E-state index in [1.165, 1.54) is 15.3 Å². The molecule has 0 unspecified atom stereocenters. The lowest BCUT2D eigenvalue weighted by Crippen LogP contribution is -3.13. The molecule has 1 aliphatic heterocycles. The van der Waals surface area contributed by atoms with Crippen molar-refractivity contribution in [1.82, 2.24) is 9.88 Å². The maximum Gasteiger partial charge on any atom is 0.247 e. The minimum atomic E-state index is 0.124. The van der Waals surface area contributed by atoms with E-state index in [9.17, 15) is 4.79 Å². The highest BCUT2D eigenvalue weighted by Crippen LogP contribution is 2.16. The Bertz CT molecular complexity index is 673. The van der Waals surface area contributed by atoms with Gasteiger partial charge in [-0.25, -0.2) is 0 Å². The van der Waals surface area contributed by atoms with E-state index in [-0.39, 0.29) is 5.91 Å². The van der Waals surface area contributed by atoms with E-state index >= 15 is 0 Å². The van der Waals surface area contributed by atoms with E-state index in [1.54, 1.807) is 17.4 Å². The number of thiophene rings is 1. The van der Waals surface area contributed by atoms with E-state index in [1.807, 2.05) is 23.4 Å². The van der Waals surface area contributed by atoms with Gasteiger partial charge in [0.25, 0.3) is 0 Å². The number of aryl methyl sites for hydroxylation is 1. The number of hydrogen-bond acceptors (Lipinski definition) is 3. The molecule has 3 rings (SSSR count). The third-order valence-electron chi connectivity index (χ3n) is 4.14. The van der Waals surface area contributed by atoms with Crippen molar-refractivity contribution in [1.29, 1.82) is 0 Å². The predicted octanol–water partition coefficient (Wildman–Crippen LogP) is 1.39. The fourth-order valence-corrected chi connectivity index (χ4v) is 3.59. The number of carbonyl (C=O) groups is 1. The van der Waals surface area contributed by atoms with E-state index < -0.39 is 0 Å². The first kappa shape index (κ1) is 15.9. The monoisotopic (exact) mass is 328 g/mol. The van der Waals surface area contributed by atoms with Crippen molar-refractivity contribution in [3.63, 3.8) is 0 Å². The first-order valence-electron chi connectivity index (χ1n) is 7.96. The van der Waals surface area contributed by atoms with Crippen molar-refractivity contribution in [2.24, 2.45) is 0 Å². The highest BCUT2D eigenvalue weighted by Gasteiger charge is 2.22. The lowest BCUT2D eigenvalue weighted by Gasteiger charge is -2.31. The topological polar surface area (TPSA) is 37.6 Å². The number of pyridine rings is 1. The number of nitrogens with zero attached hydrogens (tertiary/aromatic N) is 2. The second kappa shape index (κ2) is 7.53. The number of nitrogens with one attached hydrogen (secondary N) is 1. The molecule has 0 bridgehead atoms. The summed E-state index contributed by atoms with van der Waals surface area (Å²) in [5.41, 5.74) is 1.31. The summed E-state index contributed by atoms with van der Waals surface area (Å²) >= 11 is 1.71. The molecule has 0 aliphatic carbocycles. The number of quaternary nitrogens is 1. The summed E-state index contributed by atoms with van der Waals surface area (Å²) < 4.78 is 0. The Hall–Kier alpha value is -1.98. The number of carbonyl (C=O) groups excluding carboxylic acids is 1. The standard InChI is InChI=1S/C18H21N3OS/c1-15-2-3-17(23-15)4-5-18(22)21-12-10-20(11-13-21)14-16-6-8-19-9-7-16/h2-9H,10-14H2,1H3/p+1/b5-4+. The Balaban J connectivity index is 1.48. The van der Waals surface area contributed by atoms with Gasteiger partial charge in [-0.1, -0.05) is 0 Å². The molecule has 1 saturated heterocycles. The van der Waals surface area contributed by atoms with Crippen LogP contribution in [-0.2, 0) is 11.3 Å². The minimum Gasteiger partial charge on any atom is -0.328 e. The SMILES string of the molecule is Cc1ccc(/C=C/C(=O)N2CC[NH+](Cc3ccncc3)CC2)s1. The van der Waals surface area contributed by atoms with Gasteiger partial charge in [0, 0.05) is 33.8 Å². The highest BCUT2D eigenvalue weighted by atomic mass is 32.1. The zero-order valence-electron chi connectivity index (χ0n) is 13.4. The number of piperazine rings is 1. The van der Waals surface area contributed by atoms with Crippen LogP contribution in [0, 0.1) is 6.92 Å². The number of hydrogen-bond donors (Lipinski definition) is 1. The van der Waals surface area contributed by atoms with Gasteiger partial charge < -0.3 is 9.80 Å². The lowest BCUT2D eigenvalue weighted by atomic mass is 10.2. The molecular formula is C18H22N3OS+. The van der Waals surface area contributed by atoms with Crippen LogP contribution in [0.2, 0.25) is 0 Å². The molecule has 1 aliphatic rings. The molecule has 3 heterocycles. The summed E-state index contributed by atoms with van der Waals surface area (Å²) in [6.07, 6.45) is 7.31. The quantitative estimate of drug-likeness (QED) is 0.862. The molecule has 4 nitrogen and oxygen atoms in total. The Morgan fingerprint density at radius 2 is 2.00 bits per heavy atom. The van der Waals surface area contributed by atoms with Gasteiger partial charge in [0.05, 0.1) is 26.2 Å². The molecule has 0 radical (unpaired) electrons. The van der Waals surface area contributed by atoms with Crippen molar-refractivity contribution in [3.05, 3.63) is 58.1 Å². The fourth-order valence-electron chi connectivity index (χ4n) is 2.81. The Labute approximate surface area is 141 Å². The van der Waals surface area contributed by atoms with Gasteiger partial charge in [-0.05, 0) is 37.3 Å². The van der Waals surface area contributed by atoms with Crippen molar-refractivity contribution in [2.45, 2.75) is 13.5 Å². The number of aromatic nitrogens is 1. The molecule has 5 heteroatoms. The molecule has 0 spiro atoms. The first-order valence-corrected chi connectivity index (χ1v) is 8.78. The molecule has 2 aromatic heterocycles. The van der Waals surface area contributed by atoms with Crippen LogP contribution in [0.4, 0.5) is 0 Å². The lowest BCUT2D eigenvalue weighted by molar-refractivity contribution is -0.917. The highest BCUT2D eigenvalue weighted by molar-refractivity contribution is 7.12. The van der Waals surface area contributed by atoms with Crippen LogP contribution < -0.4 is 4.90 Å². The van der Waals surface area contributed by atoms with Crippen LogP contribution in [0.25, 0.3) is 6.08 Å². The van der Waals surface area contributed by atoms with Gasteiger partial charge in [-0.3, -0.25) is 9.78 Å². The molecule has 1 N–H and O–H groups in total. The molecule has 2 aromatic rings. The summed E-state index contributed by atoms with van der Waals surface area (Å²) in [5.74, 6) is 0.124. The predicted molar refractivity (Wildman–Crippen MR) is 93.3 cm³/mol. The molecule has 1 fully saturated rings. The van der Waals surface area contributed by atoms with Gasteiger partial charge >= 0.3 is 0 Å². The molecular weight excluding hydrogens is 306 g/mol. The summed E-state index contributed by atoms with van der Waals surface area (Å²) in [7, 11) is 0. The van der Waals surface area contributed by atoms with E-state index in [2.05, 4.69) is 36.2 Å². The molecule has 23 heavy (non-hydrogen) atoms. The normalized spacial score (nSPS) is 16.1. The van der Waals surface area contributed by atoms with Gasteiger partial charge in [0.2, 0.25) is 5.91 Å². The molecule has 1 amide bonds. The van der Waals surface area contributed by atoms with Crippen molar-refractivity contribution >= 4 is 23.3 Å². The zero-order valence-corrected chi connectivity index (χ0v) is 14.2. The van der Waals surface area contributed by atoms with Crippen LogP contribution >= 0.6 is 11.3 Å². The van der Waals surface area contributed by atoms with Gasteiger partial charge in [-0.2, -0.15) is 0 Å². The largest absolute Gasteiger partial charge is 0.328 e. The van der Waals surface area contributed by atoms with Gasteiger partial charge in [0.15, 0.2) is 0 Å². The zero-order chi connectivity index (χ0) is 16.1. The van der Waals surface area contributed by atoms with Crippen molar-refractivity contribution in [3.8, 4) is 0 Å².